The summed E-state index contributed by atoms with van der Waals surface area (Å²) in [6.45, 7) is 4.79. The summed E-state index contributed by atoms with van der Waals surface area (Å²) in [6.07, 6.45) is 4.07. The molecule has 2 saturated heterocycles. The largest absolute Gasteiger partial charge is 0.304 e. The van der Waals surface area contributed by atoms with Crippen LogP contribution in [0.5, 0.6) is 0 Å². The molecule has 0 aliphatic carbocycles. The van der Waals surface area contributed by atoms with Gasteiger partial charge in [0, 0.05) is 25.2 Å². The first kappa shape index (κ1) is 9.81. The molecule has 3 atom stereocenters. The molecule has 0 amide bonds. The number of thiol groups is 1. The van der Waals surface area contributed by atoms with E-state index < -0.39 is 0 Å². The lowest BCUT2D eigenvalue weighted by atomic mass is 9.92. The molecule has 3 unspecified atom stereocenters. The summed E-state index contributed by atoms with van der Waals surface area (Å²) < 4.78 is 2.33. The number of hydrogen-bond donors (Lipinski definition) is 1. The SMILES string of the molecule is CC1CN(C)CC2CCCC1N2S. The number of piperidine rings is 1. The predicted octanol–water partition coefficient (Wildman–Crippen LogP) is 1.64. The zero-order valence-electron chi connectivity index (χ0n) is 8.61. The van der Waals surface area contributed by atoms with Gasteiger partial charge in [0.05, 0.1) is 0 Å². The van der Waals surface area contributed by atoms with E-state index in [2.05, 4.69) is 36.0 Å². The quantitative estimate of drug-likeness (QED) is 0.594. The zero-order valence-corrected chi connectivity index (χ0v) is 9.50. The first-order valence-corrected chi connectivity index (χ1v) is 5.74. The molecule has 0 saturated carbocycles. The van der Waals surface area contributed by atoms with E-state index in [4.69, 9.17) is 0 Å². The fourth-order valence-corrected chi connectivity index (χ4v) is 3.40. The van der Waals surface area contributed by atoms with Gasteiger partial charge in [0.15, 0.2) is 0 Å². The van der Waals surface area contributed by atoms with Crippen LogP contribution in [0.3, 0.4) is 0 Å². The molecule has 2 rings (SSSR count). The average Bonchev–Trinajstić information content (AvgIpc) is 2.15. The Morgan fingerprint density at radius 1 is 1.23 bits per heavy atom. The Kier molecular flexibility index (Phi) is 2.86. The summed E-state index contributed by atoms with van der Waals surface area (Å²) in [4.78, 5) is 2.46. The van der Waals surface area contributed by atoms with E-state index in [-0.39, 0.29) is 0 Å². The lowest BCUT2D eigenvalue weighted by Crippen LogP contribution is -2.43. The van der Waals surface area contributed by atoms with Gasteiger partial charge in [-0.25, -0.2) is 4.31 Å². The topological polar surface area (TPSA) is 6.48 Å². The minimum Gasteiger partial charge on any atom is -0.304 e. The van der Waals surface area contributed by atoms with Gasteiger partial charge in [-0.15, -0.1) is 0 Å². The second-order valence-electron chi connectivity index (χ2n) is 4.73. The molecule has 76 valence electrons. The molecular formula is C10H20N2S. The monoisotopic (exact) mass is 200 g/mol. The van der Waals surface area contributed by atoms with Gasteiger partial charge in [0.25, 0.3) is 0 Å². The number of hydrogen-bond acceptors (Lipinski definition) is 3. The third kappa shape index (κ3) is 1.88. The molecule has 2 nitrogen and oxygen atoms in total. The fraction of sp³-hybridized carbons (Fsp3) is 1.00. The Morgan fingerprint density at radius 3 is 2.77 bits per heavy atom. The van der Waals surface area contributed by atoms with Crippen LogP contribution in [0, 0.1) is 5.92 Å². The Hall–Kier alpha value is 0.270. The predicted molar refractivity (Wildman–Crippen MR) is 58.9 cm³/mol. The van der Waals surface area contributed by atoms with Crippen molar-refractivity contribution in [1.29, 1.82) is 0 Å². The summed E-state index contributed by atoms with van der Waals surface area (Å²) in [5, 5.41) is 0. The van der Waals surface area contributed by atoms with Crippen molar-refractivity contribution in [1.82, 2.24) is 9.21 Å². The molecule has 13 heavy (non-hydrogen) atoms. The third-order valence-corrected chi connectivity index (χ3v) is 4.15. The van der Waals surface area contributed by atoms with E-state index in [0.717, 1.165) is 5.92 Å². The molecule has 2 aliphatic heterocycles. The highest BCUT2D eigenvalue weighted by Gasteiger charge is 2.35. The van der Waals surface area contributed by atoms with Gasteiger partial charge >= 0.3 is 0 Å². The molecule has 3 heteroatoms. The molecule has 0 aromatic carbocycles. The van der Waals surface area contributed by atoms with Gasteiger partial charge in [0.2, 0.25) is 0 Å². The molecule has 2 bridgehead atoms. The molecule has 2 heterocycles. The summed E-state index contributed by atoms with van der Waals surface area (Å²) in [6, 6.07) is 1.41. The number of rotatable bonds is 0. The highest BCUT2D eigenvalue weighted by molar-refractivity contribution is 7.77. The van der Waals surface area contributed by atoms with E-state index in [0.29, 0.717) is 12.1 Å². The van der Waals surface area contributed by atoms with Crippen molar-refractivity contribution in [2.45, 2.75) is 38.3 Å². The van der Waals surface area contributed by atoms with Gasteiger partial charge in [-0.3, -0.25) is 0 Å². The molecule has 2 aliphatic rings. The third-order valence-electron chi connectivity index (χ3n) is 3.53. The average molecular weight is 200 g/mol. The summed E-state index contributed by atoms with van der Waals surface area (Å²) in [5.41, 5.74) is 0. The van der Waals surface area contributed by atoms with Crippen molar-refractivity contribution in [2.24, 2.45) is 5.92 Å². The lowest BCUT2D eigenvalue weighted by Gasteiger charge is -2.38. The summed E-state index contributed by atoms with van der Waals surface area (Å²) in [5.74, 6) is 0.771. The van der Waals surface area contributed by atoms with E-state index in [1.165, 1.54) is 32.4 Å². The maximum absolute atomic E-state index is 4.66. The smallest absolute Gasteiger partial charge is 0.0330 e. The molecule has 0 spiro atoms. The minimum atomic E-state index is 0.692. The molecule has 0 aromatic rings. The highest BCUT2D eigenvalue weighted by Crippen LogP contribution is 2.32. The van der Waals surface area contributed by atoms with E-state index in [9.17, 15) is 0 Å². The van der Waals surface area contributed by atoms with Crippen molar-refractivity contribution in [3.05, 3.63) is 0 Å². The summed E-state index contributed by atoms with van der Waals surface area (Å²) in [7, 11) is 2.23. The Labute approximate surface area is 86.8 Å². The standard InChI is InChI=1S/C10H20N2S/c1-8-6-11(2)7-9-4-3-5-10(8)12(9)13/h8-10,13H,3-7H2,1-2H3. The Morgan fingerprint density at radius 2 is 2.00 bits per heavy atom. The first-order chi connectivity index (χ1) is 6.18. The van der Waals surface area contributed by atoms with Crippen molar-refractivity contribution < 1.29 is 0 Å². The number of nitrogens with zero attached hydrogens (tertiary/aromatic N) is 2. The molecular weight excluding hydrogens is 180 g/mol. The molecule has 0 N–H and O–H groups in total. The molecule has 0 aromatic heterocycles. The molecule has 2 fully saturated rings. The first-order valence-electron chi connectivity index (χ1n) is 5.34. The van der Waals surface area contributed by atoms with E-state index >= 15 is 0 Å². The van der Waals surface area contributed by atoms with Crippen molar-refractivity contribution >= 4 is 12.8 Å². The molecule has 0 radical (unpaired) electrons. The van der Waals surface area contributed by atoms with Crippen molar-refractivity contribution in [2.75, 3.05) is 20.1 Å². The van der Waals surface area contributed by atoms with Gasteiger partial charge in [-0.05, 0) is 25.8 Å². The normalized spacial score (nSPS) is 43.2. The van der Waals surface area contributed by atoms with E-state index in [1.54, 1.807) is 0 Å². The second-order valence-corrected chi connectivity index (χ2v) is 5.19. The van der Waals surface area contributed by atoms with Crippen LogP contribution in [0.1, 0.15) is 26.2 Å². The van der Waals surface area contributed by atoms with Crippen LogP contribution in [0.2, 0.25) is 0 Å². The summed E-state index contributed by atoms with van der Waals surface area (Å²) >= 11 is 4.66. The second kappa shape index (κ2) is 3.79. The van der Waals surface area contributed by atoms with Crippen LogP contribution in [0.4, 0.5) is 0 Å². The van der Waals surface area contributed by atoms with Crippen molar-refractivity contribution in [3.63, 3.8) is 0 Å². The van der Waals surface area contributed by atoms with Crippen LogP contribution in [-0.4, -0.2) is 41.4 Å². The maximum Gasteiger partial charge on any atom is 0.0330 e. The van der Waals surface area contributed by atoms with Crippen LogP contribution in [0.15, 0.2) is 0 Å². The minimum absolute atomic E-state index is 0.692. The van der Waals surface area contributed by atoms with E-state index in [1.807, 2.05) is 0 Å². The van der Waals surface area contributed by atoms with Crippen LogP contribution in [0.25, 0.3) is 0 Å². The number of fused-ring (bicyclic) bond motifs is 2. The van der Waals surface area contributed by atoms with Gasteiger partial charge in [0.1, 0.15) is 0 Å². The van der Waals surface area contributed by atoms with Gasteiger partial charge in [-0.2, -0.15) is 0 Å². The van der Waals surface area contributed by atoms with Crippen LogP contribution >= 0.6 is 12.8 Å². The maximum atomic E-state index is 4.66. The van der Waals surface area contributed by atoms with Gasteiger partial charge in [-0.1, -0.05) is 26.2 Å². The van der Waals surface area contributed by atoms with Gasteiger partial charge < -0.3 is 4.90 Å². The number of likely N-dealkylation sites (N-methyl/N-ethyl adjacent to an activating group) is 1. The highest BCUT2D eigenvalue weighted by atomic mass is 32.1. The fourth-order valence-electron chi connectivity index (χ4n) is 2.87. The Balaban J connectivity index is 2.15. The Bertz CT molecular complexity index is 186. The van der Waals surface area contributed by atoms with Crippen LogP contribution < -0.4 is 0 Å². The zero-order chi connectivity index (χ0) is 9.42. The lowest BCUT2D eigenvalue weighted by molar-refractivity contribution is 0.178. The van der Waals surface area contributed by atoms with Crippen LogP contribution in [-0.2, 0) is 0 Å². The van der Waals surface area contributed by atoms with Crippen molar-refractivity contribution in [3.8, 4) is 0 Å².